The minimum atomic E-state index is -2.38. The molecule has 1 N–H and O–H groups in total. The molecule has 7 nitrogen and oxygen atoms in total. The van der Waals surface area contributed by atoms with Crippen molar-refractivity contribution in [2.75, 3.05) is 6.86 Å². The summed E-state index contributed by atoms with van der Waals surface area (Å²) < 4.78 is 63.9. The maximum absolute atomic E-state index is 17.6. The zero-order valence-corrected chi connectivity index (χ0v) is 25.5. The van der Waals surface area contributed by atoms with Gasteiger partial charge >= 0.3 is 12.1 Å². The molecule has 5 fully saturated rings. The van der Waals surface area contributed by atoms with Crippen LogP contribution in [0.25, 0.3) is 0 Å². The van der Waals surface area contributed by atoms with Crippen molar-refractivity contribution in [3.05, 3.63) is 23.8 Å². The number of ketones is 1. The molecule has 0 aliphatic heterocycles. The lowest BCUT2D eigenvalue weighted by Crippen LogP contribution is -2.71. The van der Waals surface area contributed by atoms with Crippen LogP contribution in [0.4, 0.5) is 18.0 Å². The molecule has 0 aromatic carbocycles. The number of fused-ring (bicyclic) bond motifs is 6. The van der Waals surface area contributed by atoms with E-state index in [0.717, 1.165) is 31.8 Å². The van der Waals surface area contributed by atoms with Crippen LogP contribution in [0.3, 0.4) is 0 Å². The van der Waals surface area contributed by atoms with Gasteiger partial charge in [-0.05, 0) is 87.3 Å². The molecule has 0 radical (unpaired) electrons. The Labute approximate surface area is 250 Å². The van der Waals surface area contributed by atoms with Gasteiger partial charge in [-0.3, -0.25) is 4.79 Å². The fraction of sp³-hybridized carbons (Fsp3) is 0.788. The van der Waals surface area contributed by atoms with Gasteiger partial charge in [0.05, 0.1) is 6.10 Å². The third-order valence-corrected chi connectivity index (χ3v) is 12.9. The molecule has 10 heteroatoms. The molecule has 0 bridgehead atoms. The summed E-state index contributed by atoms with van der Waals surface area (Å²) in [5.41, 5.74) is -7.87. The monoisotopic (exact) mass is 608 g/mol. The van der Waals surface area contributed by atoms with E-state index in [-0.39, 0.29) is 36.2 Å². The average Bonchev–Trinajstić information content (AvgIpc) is 3.12. The van der Waals surface area contributed by atoms with Crippen molar-refractivity contribution in [1.29, 1.82) is 0 Å². The maximum atomic E-state index is 17.6. The Hall–Kier alpha value is -2.36. The van der Waals surface area contributed by atoms with E-state index in [2.05, 4.69) is 0 Å². The summed E-state index contributed by atoms with van der Waals surface area (Å²) in [5, 5.41) is 11.7. The summed E-state index contributed by atoms with van der Waals surface area (Å²) >= 11 is 0. The van der Waals surface area contributed by atoms with E-state index in [9.17, 15) is 23.9 Å². The van der Waals surface area contributed by atoms with Gasteiger partial charge in [-0.2, -0.15) is 0 Å². The summed E-state index contributed by atoms with van der Waals surface area (Å²) in [7, 11) is 0. The molecule has 0 aromatic heterocycles. The van der Waals surface area contributed by atoms with Crippen LogP contribution < -0.4 is 0 Å². The molecule has 0 aromatic rings. The number of esters is 1. The lowest BCUT2D eigenvalue weighted by molar-refractivity contribution is -0.237. The predicted molar refractivity (Wildman–Crippen MR) is 149 cm³/mol. The molecule has 0 heterocycles. The van der Waals surface area contributed by atoms with Crippen molar-refractivity contribution in [2.24, 2.45) is 45.8 Å². The van der Waals surface area contributed by atoms with E-state index in [1.807, 2.05) is 13.8 Å². The quantitative estimate of drug-likeness (QED) is 0.384. The topological polar surface area (TPSA) is 99.1 Å². The Balaban J connectivity index is 1.38. The third kappa shape index (κ3) is 3.92. The second-order valence-corrected chi connectivity index (χ2v) is 15.2. The van der Waals surface area contributed by atoms with E-state index in [1.54, 1.807) is 13.8 Å². The number of hydrogen-bond acceptors (Lipinski definition) is 7. The molecule has 6 aliphatic carbocycles. The molecule has 238 valence electrons. The third-order valence-electron chi connectivity index (χ3n) is 12.9. The number of aliphatic hydroxyl groups is 1. The van der Waals surface area contributed by atoms with Gasteiger partial charge in [-0.15, -0.1) is 0 Å². The van der Waals surface area contributed by atoms with Crippen molar-refractivity contribution < 1.29 is 46.9 Å². The first-order valence-corrected chi connectivity index (χ1v) is 15.7. The van der Waals surface area contributed by atoms with Gasteiger partial charge in [-0.1, -0.05) is 33.8 Å². The number of aliphatic hydroxyl groups excluding tert-OH is 1. The van der Waals surface area contributed by atoms with Crippen LogP contribution in [-0.2, 0) is 23.8 Å². The second-order valence-electron chi connectivity index (χ2n) is 15.2. The fourth-order valence-electron chi connectivity index (χ4n) is 10.5. The number of halogens is 3. The lowest BCUT2D eigenvalue weighted by atomic mass is 9.44. The highest BCUT2D eigenvalue weighted by atomic mass is 19.1. The van der Waals surface area contributed by atoms with E-state index in [0.29, 0.717) is 5.92 Å². The fourth-order valence-corrected chi connectivity index (χ4v) is 10.5. The molecular formula is C33H43F3O7. The Morgan fingerprint density at radius 3 is 2.47 bits per heavy atom. The summed E-state index contributed by atoms with van der Waals surface area (Å²) in [6.07, 6.45) is 2.10. The summed E-state index contributed by atoms with van der Waals surface area (Å²) in [5.74, 6) is -3.58. The van der Waals surface area contributed by atoms with Gasteiger partial charge in [0.1, 0.15) is 12.3 Å². The summed E-state index contributed by atoms with van der Waals surface area (Å²) in [6.45, 7) is 7.36. The number of alkyl halides is 3. The number of carbonyl (C=O) groups excluding carboxylic acids is 3. The highest BCUT2D eigenvalue weighted by Gasteiger charge is 2.79. The van der Waals surface area contributed by atoms with Crippen LogP contribution in [0.1, 0.15) is 79.6 Å². The normalized spacial score (nSPS) is 49.3. The first-order valence-electron chi connectivity index (χ1n) is 15.7. The van der Waals surface area contributed by atoms with E-state index in [4.69, 9.17) is 14.2 Å². The molecule has 1 unspecified atom stereocenters. The van der Waals surface area contributed by atoms with Crippen LogP contribution in [-0.4, -0.2) is 59.5 Å². The molecule has 5 saturated carbocycles. The highest BCUT2D eigenvalue weighted by Crippen LogP contribution is 2.72. The van der Waals surface area contributed by atoms with E-state index >= 15 is 8.78 Å². The standard InChI is InChI=1S/C33H43F3O7/c1-17-12-21-22-14-24(35)23-13-19(37)9-11-30(23,4)32(22,36)25(38)15-31(21,5)33(17,27(39)41-16-34)43-28(40)42-26-20-7-6-18(20)8-10-29(26,2)3/h9,11,13,17-18,20-22,24-26,38H,6-8,10,12,14-16H2,1-5H3/t17-,18?,20-,21+,22+,24+,25+,26-,30+,31+,32+,33+/m1/s1. The highest BCUT2D eigenvalue weighted by molar-refractivity contribution is 6.01. The summed E-state index contributed by atoms with van der Waals surface area (Å²) in [4.78, 5) is 39.5. The largest absolute Gasteiger partial charge is 0.509 e. The lowest BCUT2D eigenvalue weighted by Gasteiger charge is -2.63. The number of rotatable bonds is 4. The van der Waals surface area contributed by atoms with Gasteiger partial charge in [0.2, 0.25) is 12.5 Å². The van der Waals surface area contributed by atoms with Gasteiger partial charge in [0.25, 0.3) is 0 Å². The van der Waals surface area contributed by atoms with Gasteiger partial charge < -0.3 is 19.3 Å². The Bertz CT molecular complexity index is 1280. The van der Waals surface area contributed by atoms with Crippen LogP contribution in [0.15, 0.2) is 23.8 Å². The number of carbonyl (C=O) groups is 3. The smallest absolute Gasteiger partial charge is 0.431 e. The molecule has 0 spiro atoms. The molecule has 0 saturated heterocycles. The number of allylic oxidation sites excluding steroid dienone is 4. The second kappa shape index (κ2) is 9.82. The zero-order valence-electron chi connectivity index (χ0n) is 25.5. The predicted octanol–water partition coefficient (Wildman–Crippen LogP) is 6.13. The van der Waals surface area contributed by atoms with Crippen LogP contribution in [0, 0.1) is 45.8 Å². The van der Waals surface area contributed by atoms with Crippen molar-refractivity contribution >= 4 is 17.9 Å². The minimum Gasteiger partial charge on any atom is -0.431 e. The average molecular weight is 609 g/mol. The Morgan fingerprint density at radius 1 is 1.09 bits per heavy atom. The van der Waals surface area contributed by atoms with Crippen molar-refractivity contribution in [3.8, 4) is 0 Å². The van der Waals surface area contributed by atoms with Gasteiger partial charge in [0, 0.05) is 28.1 Å². The maximum Gasteiger partial charge on any atom is 0.509 e. The first kappa shape index (κ1) is 30.7. The first-order chi connectivity index (χ1) is 20.1. The van der Waals surface area contributed by atoms with Crippen molar-refractivity contribution in [3.63, 3.8) is 0 Å². The molecular weight excluding hydrogens is 565 g/mol. The van der Waals surface area contributed by atoms with Gasteiger partial charge in [0.15, 0.2) is 11.5 Å². The SMILES string of the molecule is C[C@@H]1C[C@H]2[C@@H]3C[C@H](F)C4=CC(=O)C=C[C@]4(C)[C@@]3(F)[C@@H](O)C[C@]2(C)[C@@]1(OC(=O)O[C@@H]1[C@@H]2CCC2CCC1(C)C)C(=O)OCF. The van der Waals surface area contributed by atoms with Crippen LogP contribution in [0.5, 0.6) is 0 Å². The number of ether oxygens (including phenoxy) is 3. The molecule has 12 atom stereocenters. The Morgan fingerprint density at radius 2 is 1.81 bits per heavy atom. The summed E-state index contributed by atoms with van der Waals surface area (Å²) in [6, 6.07) is 0. The zero-order chi connectivity index (χ0) is 31.3. The van der Waals surface area contributed by atoms with E-state index in [1.165, 1.54) is 19.1 Å². The van der Waals surface area contributed by atoms with Crippen LogP contribution >= 0.6 is 0 Å². The molecule has 6 aliphatic rings. The Kier molecular flexibility index (Phi) is 7.00. The van der Waals surface area contributed by atoms with Crippen molar-refractivity contribution in [2.45, 2.75) is 109 Å². The molecule has 43 heavy (non-hydrogen) atoms. The minimum absolute atomic E-state index is 0.0141. The number of hydrogen-bond donors (Lipinski definition) is 1. The molecule has 0 amide bonds. The van der Waals surface area contributed by atoms with Crippen molar-refractivity contribution in [1.82, 2.24) is 0 Å². The van der Waals surface area contributed by atoms with E-state index < -0.39 is 83.0 Å². The van der Waals surface area contributed by atoms with Gasteiger partial charge in [-0.25, -0.2) is 22.8 Å². The molecule has 6 rings (SSSR count). The van der Waals surface area contributed by atoms with Crippen LogP contribution in [0.2, 0.25) is 0 Å².